The lowest BCUT2D eigenvalue weighted by atomic mass is 10.3. The number of hydrogen-bond acceptors (Lipinski definition) is 3. The lowest BCUT2D eigenvalue weighted by Gasteiger charge is -2.07. The van der Waals surface area contributed by atoms with E-state index in [1.165, 1.54) is 0 Å². The van der Waals surface area contributed by atoms with E-state index in [4.69, 9.17) is 11.6 Å². The summed E-state index contributed by atoms with van der Waals surface area (Å²) in [7, 11) is -0.799. The minimum atomic E-state index is -0.799. The fourth-order valence-electron chi connectivity index (χ4n) is 1.63. The van der Waals surface area contributed by atoms with E-state index in [1.807, 2.05) is 6.07 Å². The number of hydrogen-bond donors (Lipinski definition) is 1. The number of rotatable bonds is 3. The Labute approximate surface area is 96.7 Å². The van der Waals surface area contributed by atoms with Gasteiger partial charge >= 0.3 is 0 Å². The van der Waals surface area contributed by atoms with E-state index < -0.39 is 10.8 Å². The maximum atomic E-state index is 11.9. The van der Waals surface area contributed by atoms with Crippen molar-refractivity contribution in [1.29, 1.82) is 0 Å². The average Bonchev–Trinajstić information content (AvgIpc) is 2.74. The van der Waals surface area contributed by atoms with E-state index >= 15 is 0 Å². The fourth-order valence-corrected chi connectivity index (χ4v) is 3.16. The number of aromatic nitrogens is 1. The average molecular weight is 245 g/mol. The van der Waals surface area contributed by atoms with Crippen molar-refractivity contribution in [2.24, 2.45) is 0 Å². The van der Waals surface area contributed by atoms with Crippen molar-refractivity contribution >= 4 is 22.4 Å². The molecule has 82 valence electrons. The van der Waals surface area contributed by atoms with E-state index in [2.05, 4.69) is 10.3 Å². The van der Waals surface area contributed by atoms with Crippen LogP contribution in [-0.4, -0.2) is 27.5 Å². The number of nitrogens with one attached hydrogen (secondary N) is 1. The predicted octanol–water partition coefficient (Wildman–Crippen LogP) is 1.35. The van der Waals surface area contributed by atoms with Crippen molar-refractivity contribution in [3.63, 3.8) is 0 Å². The molecule has 0 amide bonds. The molecule has 1 aliphatic rings. The van der Waals surface area contributed by atoms with Gasteiger partial charge in [0.15, 0.2) is 0 Å². The molecule has 0 radical (unpaired) electrons. The summed E-state index contributed by atoms with van der Waals surface area (Å²) in [5.74, 6) is 0.580. The summed E-state index contributed by atoms with van der Waals surface area (Å²) in [5, 5.41) is 3.99. The molecule has 2 atom stereocenters. The van der Waals surface area contributed by atoms with Crippen LogP contribution in [0.3, 0.4) is 0 Å². The molecule has 0 aromatic carbocycles. The van der Waals surface area contributed by atoms with Crippen molar-refractivity contribution in [2.75, 3.05) is 13.1 Å². The van der Waals surface area contributed by atoms with E-state index in [0.29, 0.717) is 16.2 Å². The summed E-state index contributed by atoms with van der Waals surface area (Å²) in [6, 6.07) is 3.62. The molecule has 0 aliphatic carbocycles. The molecule has 0 spiro atoms. The quantitative estimate of drug-likeness (QED) is 0.817. The van der Waals surface area contributed by atoms with Crippen LogP contribution in [0.2, 0.25) is 5.15 Å². The Balaban J connectivity index is 1.96. The zero-order valence-electron chi connectivity index (χ0n) is 8.28. The number of pyridine rings is 1. The molecule has 15 heavy (non-hydrogen) atoms. The Bertz CT molecular complexity index is 349. The van der Waals surface area contributed by atoms with Crippen molar-refractivity contribution in [2.45, 2.75) is 17.4 Å². The van der Waals surface area contributed by atoms with Crippen LogP contribution in [0, 0.1) is 0 Å². The molecule has 5 heteroatoms. The first-order chi connectivity index (χ1) is 7.25. The normalized spacial score (nSPS) is 22.9. The maximum Gasteiger partial charge on any atom is 0.129 e. The minimum Gasteiger partial charge on any atom is -0.315 e. The van der Waals surface area contributed by atoms with Crippen LogP contribution in [0.5, 0.6) is 0 Å². The van der Waals surface area contributed by atoms with Gasteiger partial charge in [-0.05, 0) is 24.6 Å². The highest BCUT2D eigenvalue weighted by Gasteiger charge is 2.20. The Kier molecular flexibility index (Phi) is 3.72. The van der Waals surface area contributed by atoms with Crippen molar-refractivity contribution < 1.29 is 4.21 Å². The third kappa shape index (κ3) is 3.00. The standard InChI is InChI=1S/C10H13ClN2OS/c11-10-2-1-8(5-13-10)7-15(14)9-3-4-12-6-9/h1-2,5,9,12H,3-4,6-7H2/t9-,15-/m0/s1. The Morgan fingerprint density at radius 2 is 2.47 bits per heavy atom. The van der Waals surface area contributed by atoms with Crippen LogP contribution in [-0.2, 0) is 16.6 Å². The molecule has 1 fully saturated rings. The van der Waals surface area contributed by atoms with Gasteiger partial charge in [-0.2, -0.15) is 0 Å². The smallest absolute Gasteiger partial charge is 0.129 e. The predicted molar refractivity (Wildman–Crippen MR) is 62.4 cm³/mol. The summed E-state index contributed by atoms with van der Waals surface area (Å²) in [5.41, 5.74) is 0.990. The highest BCUT2D eigenvalue weighted by molar-refractivity contribution is 7.84. The van der Waals surface area contributed by atoms with Gasteiger partial charge in [-0.25, -0.2) is 4.98 Å². The lowest BCUT2D eigenvalue weighted by Crippen LogP contribution is -2.19. The topological polar surface area (TPSA) is 42.0 Å². The van der Waals surface area contributed by atoms with E-state index in [9.17, 15) is 4.21 Å². The van der Waals surface area contributed by atoms with Gasteiger partial charge in [0.1, 0.15) is 5.15 Å². The van der Waals surface area contributed by atoms with Gasteiger partial charge in [0.05, 0.1) is 5.75 Å². The molecular weight excluding hydrogens is 232 g/mol. The maximum absolute atomic E-state index is 11.9. The summed E-state index contributed by atoms with van der Waals surface area (Å²) in [6.45, 7) is 1.85. The first-order valence-electron chi connectivity index (χ1n) is 4.94. The van der Waals surface area contributed by atoms with Crippen LogP contribution in [0.25, 0.3) is 0 Å². The molecule has 2 rings (SSSR count). The molecule has 0 saturated carbocycles. The Morgan fingerprint density at radius 3 is 3.07 bits per heavy atom. The first kappa shape index (κ1) is 11.0. The molecule has 1 aromatic heterocycles. The van der Waals surface area contributed by atoms with Crippen LogP contribution in [0.4, 0.5) is 0 Å². The highest BCUT2D eigenvalue weighted by Crippen LogP contribution is 2.13. The van der Waals surface area contributed by atoms with Gasteiger partial charge in [-0.3, -0.25) is 4.21 Å². The van der Waals surface area contributed by atoms with Crippen LogP contribution in [0.15, 0.2) is 18.3 Å². The molecule has 1 aliphatic heterocycles. The summed E-state index contributed by atoms with van der Waals surface area (Å²) in [4.78, 5) is 3.97. The zero-order valence-corrected chi connectivity index (χ0v) is 9.85. The molecule has 1 aromatic rings. The van der Waals surface area contributed by atoms with Gasteiger partial charge in [0.25, 0.3) is 0 Å². The van der Waals surface area contributed by atoms with Crippen molar-refractivity contribution in [3.05, 3.63) is 29.0 Å². The van der Waals surface area contributed by atoms with Gasteiger partial charge in [-0.15, -0.1) is 0 Å². The molecular formula is C10H13ClN2OS. The van der Waals surface area contributed by atoms with Gasteiger partial charge in [-0.1, -0.05) is 17.7 Å². The fraction of sp³-hybridized carbons (Fsp3) is 0.500. The molecule has 3 nitrogen and oxygen atoms in total. The Morgan fingerprint density at radius 1 is 1.60 bits per heavy atom. The second-order valence-corrected chi connectivity index (χ2v) is 5.73. The van der Waals surface area contributed by atoms with Crippen LogP contribution >= 0.6 is 11.6 Å². The Hall–Kier alpha value is -0.450. The molecule has 1 saturated heterocycles. The monoisotopic (exact) mass is 244 g/mol. The van der Waals surface area contributed by atoms with Crippen LogP contribution < -0.4 is 5.32 Å². The van der Waals surface area contributed by atoms with E-state index in [1.54, 1.807) is 12.3 Å². The summed E-state index contributed by atoms with van der Waals surface area (Å²) in [6.07, 6.45) is 2.70. The summed E-state index contributed by atoms with van der Waals surface area (Å²) < 4.78 is 11.9. The first-order valence-corrected chi connectivity index (χ1v) is 6.70. The zero-order chi connectivity index (χ0) is 10.7. The highest BCUT2D eigenvalue weighted by atomic mass is 35.5. The third-order valence-electron chi connectivity index (χ3n) is 2.48. The van der Waals surface area contributed by atoms with Gasteiger partial charge < -0.3 is 5.32 Å². The number of halogens is 1. The third-order valence-corrected chi connectivity index (χ3v) is 4.47. The molecule has 1 N–H and O–H groups in total. The SMILES string of the molecule is O=[S@@](Cc1ccc(Cl)nc1)[C@H]1CCNC1. The summed E-state index contributed by atoms with van der Waals surface area (Å²) >= 11 is 5.68. The molecule has 2 heterocycles. The van der Waals surface area contributed by atoms with Crippen LogP contribution in [0.1, 0.15) is 12.0 Å². The van der Waals surface area contributed by atoms with Gasteiger partial charge in [0.2, 0.25) is 0 Å². The van der Waals surface area contributed by atoms with Gasteiger partial charge in [0, 0.05) is 28.8 Å². The van der Waals surface area contributed by atoms with E-state index in [0.717, 1.165) is 25.1 Å². The number of nitrogens with zero attached hydrogens (tertiary/aromatic N) is 1. The van der Waals surface area contributed by atoms with Crippen molar-refractivity contribution in [3.8, 4) is 0 Å². The second-order valence-electron chi connectivity index (χ2n) is 3.63. The molecule has 0 bridgehead atoms. The largest absolute Gasteiger partial charge is 0.315 e. The van der Waals surface area contributed by atoms with Crippen molar-refractivity contribution in [1.82, 2.24) is 10.3 Å². The molecule has 0 unspecified atom stereocenters. The second kappa shape index (κ2) is 5.05. The lowest BCUT2D eigenvalue weighted by molar-refractivity contribution is 0.672. The van der Waals surface area contributed by atoms with E-state index in [-0.39, 0.29) is 0 Å². The minimum absolute atomic E-state index is 0.292.